The first-order valence-electron chi connectivity index (χ1n) is 8.35. The third-order valence-corrected chi connectivity index (χ3v) is 3.81. The molecule has 0 spiro atoms. The average molecular weight is 393 g/mol. The van der Waals surface area contributed by atoms with E-state index in [0.29, 0.717) is 41.6 Å². The van der Waals surface area contributed by atoms with Crippen LogP contribution in [0.15, 0.2) is 42.7 Å². The highest BCUT2D eigenvalue weighted by atomic mass is 35.5. The van der Waals surface area contributed by atoms with Crippen molar-refractivity contribution in [1.29, 1.82) is 0 Å². The largest absolute Gasteiger partial charge is 0.516 e. The van der Waals surface area contributed by atoms with Crippen LogP contribution < -0.4 is 15.8 Å². The Labute approximate surface area is 164 Å². The minimum absolute atomic E-state index is 0.310. The second-order valence-electron chi connectivity index (χ2n) is 5.47. The van der Waals surface area contributed by atoms with Gasteiger partial charge in [0.05, 0.1) is 18.4 Å². The van der Waals surface area contributed by atoms with Crippen LogP contribution in [0, 0.1) is 6.92 Å². The molecule has 0 aliphatic rings. The van der Waals surface area contributed by atoms with E-state index in [1.165, 1.54) is 0 Å². The maximum absolute atomic E-state index is 12.6. The molecule has 0 aromatic heterocycles. The van der Waals surface area contributed by atoms with Gasteiger partial charge >= 0.3 is 0 Å². The van der Waals surface area contributed by atoms with Gasteiger partial charge in [-0.15, -0.1) is 0 Å². The highest BCUT2D eigenvalue weighted by molar-refractivity contribution is 6.31. The molecule has 6 nitrogen and oxygen atoms in total. The molecule has 2 rings (SSSR count). The van der Waals surface area contributed by atoms with Crippen LogP contribution in [-0.2, 0) is 0 Å². The van der Waals surface area contributed by atoms with Gasteiger partial charge in [-0.1, -0.05) is 17.7 Å². The number of aliphatic hydroxyl groups excluding tert-OH is 2. The van der Waals surface area contributed by atoms with E-state index in [2.05, 4.69) is 5.32 Å². The maximum atomic E-state index is 12.6. The quantitative estimate of drug-likeness (QED) is 0.424. The Morgan fingerprint density at radius 2 is 2.00 bits per heavy atom. The van der Waals surface area contributed by atoms with Gasteiger partial charge in [-0.25, -0.2) is 0 Å². The topological polar surface area (TPSA) is 105 Å². The standard InChI is InChI=1S/C19H21ClN2O3.CH4O/c1-13-11-16(5-3-14(13)7-9-23)22-19(24)17-12-15(20)4-6-18(17)25-10-2-8-21;1-2/h3-7,9,11-12,23H,2,8,10,21H2,1H3,(H,22,24);2H,1H3/b9-7-;. The fraction of sp³-hybridized carbons (Fsp3) is 0.250. The number of aryl methyl sites for hydroxylation is 1. The van der Waals surface area contributed by atoms with Gasteiger partial charge in [0, 0.05) is 17.8 Å². The summed E-state index contributed by atoms with van der Waals surface area (Å²) in [6, 6.07) is 10.3. The van der Waals surface area contributed by atoms with Crippen LogP contribution in [0.5, 0.6) is 5.75 Å². The van der Waals surface area contributed by atoms with Crippen LogP contribution >= 0.6 is 11.6 Å². The number of nitrogens with two attached hydrogens (primary N) is 1. The second-order valence-corrected chi connectivity index (χ2v) is 5.91. The lowest BCUT2D eigenvalue weighted by molar-refractivity contribution is 0.102. The molecule has 0 fully saturated rings. The SMILES string of the molecule is CO.Cc1cc(NC(=O)c2cc(Cl)ccc2OCCCN)ccc1/C=C\O. The van der Waals surface area contributed by atoms with Crippen LogP contribution in [0.25, 0.3) is 6.08 Å². The molecular formula is C20H25ClN2O4. The fourth-order valence-electron chi connectivity index (χ4n) is 2.29. The number of amides is 1. The van der Waals surface area contributed by atoms with Crippen molar-refractivity contribution in [2.24, 2.45) is 5.73 Å². The van der Waals surface area contributed by atoms with Gasteiger partial charge in [0.15, 0.2) is 0 Å². The predicted molar refractivity (Wildman–Crippen MR) is 110 cm³/mol. The van der Waals surface area contributed by atoms with Crippen LogP contribution in [0.1, 0.15) is 27.9 Å². The molecule has 0 aliphatic carbocycles. The van der Waals surface area contributed by atoms with E-state index < -0.39 is 0 Å². The van der Waals surface area contributed by atoms with Crippen molar-refractivity contribution in [3.05, 3.63) is 64.4 Å². The van der Waals surface area contributed by atoms with Crippen molar-refractivity contribution >= 4 is 29.3 Å². The zero-order valence-electron chi connectivity index (χ0n) is 15.4. The van der Waals surface area contributed by atoms with Crippen molar-refractivity contribution in [1.82, 2.24) is 0 Å². The minimum atomic E-state index is -0.310. The summed E-state index contributed by atoms with van der Waals surface area (Å²) in [7, 11) is 1.00. The summed E-state index contributed by atoms with van der Waals surface area (Å²) >= 11 is 6.02. The maximum Gasteiger partial charge on any atom is 0.259 e. The molecule has 0 unspecified atom stereocenters. The number of rotatable bonds is 7. The monoisotopic (exact) mass is 392 g/mol. The number of ether oxygens (including phenoxy) is 1. The molecule has 7 heteroatoms. The Kier molecular flexibility index (Phi) is 9.96. The Balaban J connectivity index is 0.00000176. The smallest absolute Gasteiger partial charge is 0.259 e. The third-order valence-electron chi connectivity index (χ3n) is 3.57. The molecule has 0 aliphatic heterocycles. The Morgan fingerprint density at radius 1 is 1.26 bits per heavy atom. The van der Waals surface area contributed by atoms with E-state index >= 15 is 0 Å². The summed E-state index contributed by atoms with van der Waals surface area (Å²) < 4.78 is 5.63. The van der Waals surface area contributed by atoms with E-state index in [1.54, 1.807) is 30.3 Å². The summed E-state index contributed by atoms with van der Waals surface area (Å²) in [6.07, 6.45) is 3.27. The number of hydrogen-bond donors (Lipinski definition) is 4. The molecule has 27 heavy (non-hydrogen) atoms. The molecular weight excluding hydrogens is 368 g/mol. The van der Waals surface area contributed by atoms with Gasteiger partial charge in [-0.05, 0) is 67.4 Å². The first kappa shape index (κ1) is 22.5. The summed E-state index contributed by atoms with van der Waals surface area (Å²) in [5.74, 6) is 0.155. The number of nitrogens with one attached hydrogen (secondary N) is 1. The number of aliphatic hydroxyl groups is 2. The van der Waals surface area contributed by atoms with Crippen LogP contribution in [0.3, 0.4) is 0 Å². The minimum Gasteiger partial charge on any atom is -0.516 e. The molecule has 1 amide bonds. The Morgan fingerprint density at radius 3 is 2.63 bits per heavy atom. The average Bonchev–Trinajstić information content (AvgIpc) is 2.67. The van der Waals surface area contributed by atoms with Crippen molar-refractivity contribution in [2.45, 2.75) is 13.3 Å². The Bertz CT molecular complexity index is 779. The number of benzene rings is 2. The first-order valence-corrected chi connectivity index (χ1v) is 8.73. The normalized spacial score (nSPS) is 10.3. The van der Waals surface area contributed by atoms with Crippen molar-refractivity contribution in [3.8, 4) is 5.75 Å². The van der Waals surface area contributed by atoms with Gasteiger partial charge < -0.3 is 26.0 Å². The molecule has 0 saturated heterocycles. The van der Waals surface area contributed by atoms with Gasteiger partial charge in [0.2, 0.25) is 0 Å². The lowest BCUT2D eigenvalue weighted by Gasteiger charge is -2.13. The molecule has 0 saturated carbocycles. The Hall–Kier alpha value is -2.54. The molecule has 0 radical (unpaired) electrons. The van der Waals surface area contributed by atoms with E-state index in [9.17, 15) is 4.79 Å². The number of hydrogen-bond acceptors (Lipinski definition) is 5. The van der Waals surface area contributed by atoms with E-state index in [0.717, 1.165) is 24.5 Å². The molecule has 0 atom stereocenters. The van der Waals surface area contributed by atoms with Crippen molar-refractivity contribution < 1.29 is 19.7 Å². The highest BCUT2D eigenvalue weighted by Gasteiger charge is 2.14. The van der Waals surface area contributed by atoms with Gasteiger partial charge in [0.25, 0.3) is 5.91 Å². The lowest BCUT2D eigenvalue weighted by atomic mass is 10.1. The second kappa shape index (κ2) is 12.0. The van der Waals surface area contributed by atoms with Crippen LogP contribution in [0.4, 0.5) is 5.69 Å². The zero-order chi connectivity index (χ0) is 20.2. The third kappa shape index (κ3) is 6.94. The van der Waals surface area contributed by atoms with Crippen LogP contribution in [0.2, 0.25) is 5.02 Å². The van der Waals surface area contributed by atoms with Gasteiger partial charge in [0.1, 0.15) is 5.75 Å². The lowest BCUT2D eigenvalue weighted by Crippen LogP contribution is -2.15. The van der Waals surface area contributed by atoms with E-state index in [1.807, 2.05) is 19.1 Å². The zero-order valence-corrected chi connectivity index (χ0v) is 16.2. The van der Waals surface area contributed by atoms with Crippen LogP contribution in [-0.4, -0.2) is 36.4 Å². The number of carbonyl (C=O) groups is 1. The first-order chi connectivity index (χ1) is 13.0. The van der Waals surface area contributed by atoms with E-state index in [4.69, 9.17) is 32.3 Å². The summed E-state index contributed by atoms with van der Waals surface area (Å²) in [5, 5.41) is 19.2. The fourth-order valence-corrected chi connectivity index (χ4v) is 2.46. The van der Waals surface area contributed by atoms with E-state index in [-0.39, 0.29) is 5.91 Å². The van der Waals surface area contributed by atoms with Gasteiger partial charge in [-0.2, -0.15) is 0 Å². The predicted octanol–water partition coefficient (Wildman–Crippen LogP) is 3.77. The molecule has 146 valence electrons. The van der Waals surface area contributed by atoms with Crippen molar-refractivity contribution in [2.75, 3.05) is 25.6 Å². The number of carbonyl (C=O) groups excluding carboxylic acids is 1. The number of halogens is 1. The highest BCUT2D eigenvalue weighted by Crippen LogP contribution is 2.25. The molecule has 0 bridgehead atoms. The molecule has 2 aromatic rings. The summed E-state index contributed by atoms with van der Waals surface area (Å²) in [6.45, 7) is 2.84. The molecule has 0 heterocycles. The van der Waals surface area contributed by atoms with Gasteiger partial charge in [-0.3, -0.25) is 4.79 Å². The molecule has 2 aromatic carbocycles. The molecule has 5 N–H and O–H groups in total. The number of anilines is 1. The summed E-state index contributed by atoms with van der Waals surface area (Å²) in [4.78, 5) is 12.6. The summed E-state index contributed by atoms with van der Waals surface area (Å²) in [5.41, 5.74) is 8.26. The van der Waals surface area contributed by atoms with Crippen molar-refractivity contribution in [3.63, 3.8) is 0 Å².